The van der Waals surface area contributed by atoms with Crippen molar-refractivity contribution in [2.24, 2.45) is 0 Å². The summed E-state index contributed by atoms with van der Waals surface area (Å²) in [5.74, 6) is -0.719. The Bertz CT molecular complexity index is 746. The van der Waals surface area contributed by atoms with Crippen LogP contribution in [0.25, 0.3) is 0 Å². The Hall–Kier alpha value is -2.46. The molecule has 0 atom stereocenters. The fourth-order valence-electron chi connectivity index (χ4n) is 2.54. The Morgan fingerprint density at radius 2 is 1.62 bits per heavy atom. The van der Waals surface area contributed by atoms with Crippen molar-refractivity contribution in [3.8, 4) is 5.75 Å². The molecule has 1 aliphatic carbocycles. The average molecular weight is 282 g/mol. The minimum Gasteiger partial charge on any atom is -0.507 e. The lowest BCUT2D eigenvalue weighted by Gasteiger charge is -2.19. The van der Waals surface area contributed by atoms with E-state index in [1.165, 1.54) is 0 Å². The first-order valence-electron chi connectivity index (χ1n) is 6.76. The molecule has 0 saturated heterocycles. The summed E-state index contributed by atoms with van der Waals surface area (Å²) in [6, 6.07) is 9.87. The van der Waals surface area contributed by atoms with Crippen molar-refractivity contribution in [3.63, 3.8) is 0 Å². The topological polar surface area (TPSA) is 63.6 Å². The van der Waals surface area contributed by atoms with Crippen molar-refractivity contribution >= 4 is 11.6 Å². The lowest BCUT2D eigenvalue weighted by atomic mass is 9.83. The molecule has 21 heavy (non-hydrogen) atoms. The van der Waals surface area contributed by atoms with Crippen molar-refractivity contribution in [1.29, 1.82) is 0 Å². The number of rotatable bonds is 3. The van der Waals surface area contributed by atoms with Crippen LogP contribution in [0.3, 0.4) is 0 Å². The summed E-state index contributed by atoms with van der Waals surface area (Å²) in [5, 5.41) is 10.3. The zero-order valence-corrected chi connectivity index (χ0v) is 11.6. The van der Waals surface area contributed by atoms with Gasteiger partial charge < -0.3 is 9.84 Å². The van der Waals surface area contributed by atoms with Crippen molar-refractivity contribution < 1.29 is 19.4 Å². The molecule has 0 unspecified atom stereocenters. The summed E-state index contributed by atoms with van der Waals surface area (Å²) in [7, 11) is 0. The third kappa shape index (κ3) is 2.04. The van der Waals surface area contributed by atoms with Gasteiger partial charge in [0.05, 0.1) is 12.2 Å². The molecule has 3 rings (SSSR count). The minimum atomic E-state index is -0.323. The number of phenolic OH excluding ortho intramolecular Hbond substituents is 1. The lowest BCUT2D eigenvalue weighted by molar-refractivity contribution is 0.0975. The Kier molecular flexibility index (Phi) is 3.31. The van der Waals surface area contributed by atoms with Gasteiger partial charge in [-0.05, 0) is 13.0 Å². The maximum atomic E-state index is 12.5. The second kappa shape index (κ2) is 5.14. The van der Waals surface area contributed by atoms with E-state index in [9.17, 15) is 14.7 Å². The fraction of sp³-hybridized carbons (Fsp3) is 0.176. The van der Waals surface area contributed by atoms with Gasteiger partial charge in [0.15, 0.2) is 11.6 Å². The van der Waals surface area contributed by atoms with Crippen LogP contribution in [0.4, 0.5) is 0 Å². The van der Waals surface area contributed by atoms with Crippen molar-refractivity contribution in [2.45, 2.75) is 13.5 Å². The van der Waals surface area contributed by atoms with Gasteiger partial charge in [-0.15, -0.1) is 0 Å². The van der Waals surface area contributed by atoms with Crippen LogP contribution in [-0.2, 0) is 11.3 Å². The third-order valence-electron chi connectivity index (χ3n) is 3.61. The van der Waals surface area contributed by atoms with Gasteiger partial charge in [0, 0.05) is 28.9 Å². The van der Waals surface area contributed by atoms with Gasteiger partial charge in [0.25, 0.3) is 0 Å². The summed E-state index contributed by atoms with van der Waals surface area (Å²) < 4.78 is 5.27. The molecule has 0 spiro atoms. The Morgan fingerprint density at radius 3 is 2.29 bits per heavy atom. The highest BCUT2D eigenvalue weighted by atomic mass is 16.5. The van der Waals surface area contributed by atoms with Gasteiger partial charge in [-0.2, -0.15) is 0 Å². The number of phenols is 1. The van der Waals surface area contributed by atoms with Crippen LogP contribution in [0.2, 0.25) is 0 Å². The SMILES string of the molecule is CCOCc1ccc2c(c1O)C(=O)c1ccccc1C2=O. The second-order valence-corrected chi connectivity index (χ2v) is 4.84. The summed E-state index contributed by atoms with van der Waals surface area (Å²) in [5.41, 5.74) is 1.55. The van der Waals surface area contributed by atoms with Gasteiger partial charge in [0.2, 0.25) is 0 Å². The first-order chi connectivity index (χ1) is 10.1. The molecule has 1 N–H and O–H groups in total. The maximum Gasteiger partial charge on any atom is 0.198 e. The van der Waals surface area contributed by atoms with E-state index >= 15 is 0 Å². The van der Waals surface area contributed by atoms with Crippen molar-refractivity contribution in [3.05, 3.63) is 64.2 Å². The summed E-state index contributed by atoms with van der Waals surface area (Å²) in [6.45, 7) is 2.56. The van der Waals surface area contributed by atoms with E-state index in [-0.39, 0.29) is 35.0 Å². The quantitative estimate of drug-likeness (QED) is 0.802. The summed E-state index contributed by atoms with van der Waals surface area (Å²) in [4.78, 5) is 25.0. The minimum absolute atomic E-state index is 0.0795. The summed E-state index contributed by atoms with van der Waals surface area (Å²) in [6.07, 6.45) is 0. The first-order valence-corrected chi connectivity index (χ1v) is 6.76. The number of hydrogen-bond acceptors (Lipinski definition) is 4. The van der Waals surface area contributed by atoms with Crippen LogP contribution < -0.4 is 0 Å². The highest BCUT2D eigenvalue weighted by Crippen LogP contribution is 2.35. The van der Waals surface area contributed by atoms with Crippen LogP contribution in [0, 0.1) is 0 Å². The van der Waals surface area contributed by atoms with Crippen LogP contribution in [0.1, 0.15) is 44.3 Å². The van der Waals surface area contributed by atoms with Gasteiger partial charge in [-0.3, -0.25) is 9.59 Å². The number of benzene rings is 2. The molecule has 2 aromatic rings. The number of hydrogen-bond donors (Lipinski definition) is 1. The molecule has 0 saturated carbocycles. The Labute approximate surface area is 122 Å². The molecule has 106 valence electrons. The highest BCUT2D eigenvalue weighted by Gasteiger charge is 2.32. The van der Waals surface area contributed by atoms with Crippen molar-refractivity contribution in [2.75, 3.05) is 6.61 Å². The fourth-order valence-corrected chi connectivity index (χ4v) is 2.54. The number of fused-ring (bicyclic) bond motifs is 2. The van der Waals surface area contributed by atoms with Crippen LogP contribution in [-0.4, -0.2) is 23.3 Å². The van der Waals surface area contributed by atoms with Crippen LogP contribution >= 0.6 is 0 Å². The van der Waals surface area contributed by atoms with E-state index in [1.54, 1.807) is 36.4 Å². The molecule has 0 radical (unpaired) electrons. The predicted molar refractivity (Wildman–Crippen MR) is 76.7 cm³/mol. The zero-order chi connectivity index (χ0) is 15.0. The van der Waals surface area contributed by atoms with Gasteiger partial charge in [0.1, 0.15) is 5.75 Å². The molecule has 0 bridgehead atoms. The molecule has 4 nitrogen and oxygen atoms in total. The second-order valence-electron chi connectivity index (χ2n) is 4.84. The third-order valence-corrected chi connectivity index (χ3v) is 3.61. The van der Waals surface area contributed by atoms with Gasteiger partial charge in [-0.25, -0.2) is 0 Å². The average Bonchev–Trinajstić information content (AvgIpc) is 2.51. The number of ether oxygens (including phenoxy) is 1. The van der Waals surface area contributed by atoms with E-state index < -0.39 is 0 Å². The number of aromatic hydroxyl groups is 1. The van der Waals surface area contributed by atoms with Crippen molar-refractivity contribution in [1.82, 2.24) is 0 Å². The molecule has 0 aliphatic heterocycles. The van der Waals surface area contributed by atoms with E-state index in [0.717, 1.165) is 0 Å². The smallest absolute Gasteiger partial charge is 0.198 e. The number of carbonyl (C=O) groups excluding carboxylic acids is 2. The van der Waals surface area contributed by atoms with Crippen LogP contribution in [0.15, 0.2) is 36.4 Å². The predicted octanol–water partition coefficient (Wildman–Crippen LogP) is 2.70. The maximum absolute atomic E-state index is 12.5. The highest BCUT2D eigenvalue weighted by molar-refractivity contribution is 6.29. The molecular weight excluding hydrogens is 268 g/mol. The van der Waals surface area contributed by atoms with Gasteiger partial charge in [-0.1, -0.05) is 30.3 Å². The molecule has 2 aromatic carbocycles. The van der Waals surface area contributed by atoms with E-state index in [1.807, 2.05) is 6.92 Å². The van der Waals surface area contributed by atoms with E-state index in [2.05, 4.69) is 0 Å². The number of ketones is 2. The largest absolute Gasteiger partial charge is 0.507 e. The molecule has 0 amide bonds. The molecule has 4 heteroatoms. The zero-order valence-electron chi connectivity index (χ0n) is 11.6. The monoisotopic (exact) mass is 282 g/mol. The Morgan fingerprint density at radius 1 is 0.952 bits per heavy atom. The van der Waals surface area contributed by atoms with E-state index in [0.29, 0.717) is 23.3 Å². The Balaban J connectivity index is 2.17. The molecule has 0 heterocycles. The lowest BCUT2D eigenvalue weighted by Crippen LogP contribution is -2.21. The first kappa shape index (κ1) is 13.5. The van der Waals surface area contributed by atoms with Crippen LogP contribution in [0.5, 0.6) is 5.75 Å². The standard InChI is InChI=1S/C17H14O4/c1-2-21-9-10-7-8-13-14(15(10)18)17(20)12-6-4-3-5-11(12)16(13)19/h3-8,18H,2,9H2,1H3. The molecule has 1 aliphatic rings. The molecule has 0 fully saturated rings. The molecule has 0 aromatic heterocycles. The van der Waals surface area contributed by atoms with E-state index in [4.69, 9.17) is 4.74 Å². The van der Waals surface area contributed by atoms with Gasteiger partial charge >= 0.3 is 0 Å². The number of carbonyl (C=O) groups is 2. The normalized spacial score (nSPS) is 13.0. The molecular formula is C17H14O4. The summed E-state index contributed by atoms with van der Waals surface area (Å²) >= 11 is 0.